The molecule has 2 nitrogen and oxygen atoms in total. The summed E-state index contributed by atoms with van der Waals surface area (Å²) < 4.78 is 5.63. The van der Waals surface area contributed by atoms with Crippen LogP contribution in [0, 0.1) is 19.3 Å². The van der Waals surface area contributed by atoms with E-state index >= 15 is 0 Å². The molecule has 0 aliphatic heterocycles. The maximum atomic E-state index is 5.63. The Kier molecular flexibility index (Phi) is 2.88. The highest BCUT2D eigenvalue weighted by molar-refractivity contribution is 5.36. The Morgan fingerprint density at radius 1 is 1.19 bits per heavy atom. The minimum Gasteiger partial charge on any atom is -0.439 e. The first-order valence-corrected chi connectivity index (χ1v) is 4.96. The predicted molar refractivity (Wildman–Crippen MR) is 63.4 cm³/mol. The number of nitrogens with zero attached hydrogens (tertiary/aromatic N) is 1. The number of hydrogen-bond acceptors (Lipinski definition) is 2. The lowest BCUT2D eigenvalue weighted by atomic mass is 10.2. The Bertz CT molecular complexity index is 523. The van der Waals surface area contributed by atoms with Gasteiger partial charge in [0.15, 0.2) is 0 Å². The zero-order valence-corrected chi connectivity index (χ0v) is 8.97. The van der Waals surface area contributed by atoms with Crippen LogP contribution in [0.15, 0.2) is 42.6 Å². The molecule has 0 saturated heterocycles. The van der Waals surface area contributed by atoms with Gasteiger partial charge in [-0.25, -0.2) is 4.98 Å². The van der Waals surface area contributed by atoms with E-state index in [9.17, 15) is 0 Å². The smallest absolute Gasteiger partial charge is 0.219 e. The molecule has 78 valence electrons. The van der Waals surface area contributed by atoms with Crippen molar-refractivity contribution in [3.05, 3.63) is 53.7 Å². The quantitative estimate of drug-likeness (QED) is 0.709. The number of rotatable bonds is 2. The minimum atomic E-state index is 0.549. The highest BCUT2D eigenvalue weighted by Gasteiger charge is 2.00. The van der Waals surface area contributed by atoms with E-state index in [1.54, 1.807) is 18.3 Å². The molecule has 1 heterocycles. The number of pyridine rings is 1. The molecule has 0 bridgehead atoms. The number of benzene rings is 1. The van der Waals surface area contributed by atoms with Crippen molar-refractivity contribution in [2.45, 2.75) is 6.92 Å². The Hall–Kier alpha value is -2.27. The summed E-state index contributed by atoms with van der Waals surface area (Å²) in [5, 5.41) is 0. The Labute approximate surface area is 94.9 Å². The van der Waals surface area contributed by atoms with Gasteiger partial charge in [-0.1, -0.05) is 24.1 Å². The average Bonchev–Trinajstić information content (AvgIpc) is 2.33. The molecular weight excluding hydrogens is 198 g/mol. The predicted octanol–water partition coefficient (Wildman–Crippen LogP) is 3.16. The number of aryl methyl sites for hydroxylation is 1. The van der Waals surface area contributed by atoms with Crippen LogP contribution in [0.5, 0.6) is 11.6 Å². The first-order valence-electron chi connectivity index (χ1n) is 4.96. The topological polar surface area (TPSA) is 22.1 Å². The maximum absolute atomic E-state index is 5.63. The first-order chi connectivity index (χ1) is 7.79. The second kappa shape index (κ2) is 4.50. The fourth-order valence-electron chi connectivity index (χ4n) is 1.31. The molecular formula is C14H11NO. The van der Waals surface area contributed by atoms with Crippen molar-refractivity contribution in [1.29, 1.82) is 0 Å². The van der Waals surface area contributed by atoms with Gasteiger partial charge < -0.3 is 4.74 Å². The van der Waals surface area contributed by atoms with Crippen molar-refractivity contribution in [3.8, 4) is 24.0 Å². The van der Waals surface area contributed by atoms with Crippen molar-refractivity contribution in [3.63, 3.8) is 0 Å². The van der Waals surface area contributed by atoms with Crippen LogP contribution in [-0.2, 0) is 0 Å². The molecule has 0 radical (unpaired) electrons. The summed E-state index contributed by atoms with van der Waals surface area (Å²) in [6.07, 6.45) is 6.86. The molecule has 1 aromatic heterocycles. The second-order valence-electron chi connectivity index (χ2n) is 3.40. The molecule has 2 rings (SSSR count). The van der Waals surface area contributed by atoms with E-state index in [4.69, 9.17) is 11.2 Å². The number of ether oxygens (including phenoxy) is 1. The van der Waals surface area contributed by atoms with Crippen LogP contribution in [0.3, 0.4) is 0 Å². The van der Waals surface area contributed by atoms with Gasteiger partial charge in [-0.15, -0.1) is 6.42 Å². The van der Waals surface area contributed by atoms with Crippen molar-refractivity contribution in [2.24, 2.45) is 0 Å². The summed E-state index contributed by atoms with van der Waals surface area (Å²) in [5.41, 5.74) is 1.82. The third-order valence-electron chi connectivity index (χ3n) is 2.21. The minimum absolute atomic E-state index is 0.549. The lowest BCUT2D eigenvalue weighted by Crippen LogP contribution is -1.90. The van der Waals surface area contributed by atoms with E-state index in [2.05, 4.69) is 10.9 Å². The van der Waals surface area contributed by atoms with Crippen LogP contribution in [-0.4, -0.2) is 4.98 Å². The van der Waals surface area contributed by atoms with Gasteiger partial charge >= 0.3 is 0 Å². The highest BCUT2D eigenvalue weighted by atomic mass is 16.5. The van der Waals surface area contributed by atoms with Crippen LogP contribution in [0.4, 0.5) is 0 Å². The maximum Gasteiger partial charge on any atom is 0.219 e. The molecule has 0 unspecified atom stereocenters. The van der Waals surface area contributed by atoms with E-state index in [1.165, 1.54) is 0 Å². The van der Waals surface area contributed by atoms with Gasteiger partial charge in [-0.3, -0.25) is 0 Å². The van der Waals surface area contributed by atoms with E-state index in [-0.39, 0.29) is 0 Å². The van der Waals surface area contributed by atoms with Gasteiger partial charge in [0, 0.05) is 17.8 Å². The van der Waals surface area contributed by atoms with Gasteiger partial charge in [0.25, 0.3) is 0 Å². The van der Waals surface area contributed by atoms with Gasteiger partial charge in [-0.05, 0) is 24.6 Å². The summed E-state index contributed by atoms with van der Waals surface area (Å²) in [4.78, 5) is 4.12. The van der Waals surface area contributed by atoms with Gasteiger partial charge in [0.1, 0.15) is 5.75 Å². The standard InChI is InChI=1S/C14H11NO/c1-3-12-8-9-14(15-10-12)16-13-7-5-4-6-11(13)2/h1,4-10H,2H3. The molecule has 1 aromatic carbocycles. The van der Waals surface area contributed by atoms with Crippen LogP contribution in [0.2, 0.25) is 0 Å². The molecule has 0 amide bonds. The number of hydrogen-bond donors (Lipinski definition) is 0. The highest BCUT2D eigenvalue weighted by Crippen LogP contribution is 2.22. The lowest BCUT2D eigenvalue weighted by molar-refractivity contribution is 0.459. The SMILES string of the molecule is C#Cc1ccc(Oc2ccccc2C)nc1. The van der Waals surface area contributed by atoms with E-state index in [1.807, 2.05) is 31.2 Å². The van der Waals surface area contributed by atoms with Crippen molar-refractivity contribution in [1.82, 2.24) is 4.98 Å². The van der Waals surface area contributed by atoms with E-state index in [0.29, 0.717) is 5.88 Å². The molecule has 0 aliphatic carbocycles. The van der Waals surface area contributed by atoms with Gasteiger partial charge in [0.05, 0.1) is 0 Å². The Morgan fingerprint density at radius 2 is 2.00 bits per heavy atom. The fourth-order valence-corrected chi connectivity index (χ4v) is 1.31. The summed E-state index contributed by atoms with van der Waals surface area (Å²) in [5.74, 6) is 3.87. The zero-order chi connectivity index (χ0) is 11.4. The fraction of sp³-hybridized carbons (Fsp3) is 0.0714. The molecule has 2 heteroatoms. The Balaban J connectivity index is 2.22. The normalized spacial score (nSPS) is 9.50. The summed E-state index contributed by atoms with van der Waals surface area (Å²) in [6.45, 7) is 1.99. The molecule has 0 atom stereocenters. The van der Waals surface area contributed by atoms with E-state index < -0.39 is 0 Å². The third kappa shape index (κ3) is 2.21. The van der Waals surface area contributed by atoms with E-state index in [0.717, 1.165) is 16.9 Å². The summed E-state index contributed by atoms with van der Waals surface area (Å²) in [6, 6.07) is 11.4. The molecule has 0 aliphatic rings. The van der Waals surface area contributed by atoms with Crippen LogP contribution in [0.25, 0.3) is 0 Å². The largest absolute Gasteiger partial charge is 0.439 e. The van der Waals surface area contributed by atoms with Gasteiger partial charge in [-0.2, -0.15) is 0 Å². The molecule has 16 heavy (non-hydrogen) atoms. The van der Waals surface area contributed by atoms with Crippen molar-refractivity contribution in [2.75, 3.05) is 0 Å². The van der Waals surface area contributed by atoms with Crippen molar-refractivity contribution >= 4 is 0 Å². The molecule has 0 saturated carbocycles. The summed E-state index contributed by atoms with van der Waals surface area (Å²) in [7, 11) is 0. The lowest BCUT2D eigenvalue weighted by Gasteiger charge is -2.06. The van der Waals surface area contributed by atoms with Crippen LogP contribution >= 0.6 is 0 Å². The number of para-hydroxylation sites is 1. The van der Waals surface area contributed by atoms with Crippen LogP contribution in [0.1, 0.15) is 11.1 Å². The number of terminal acetylenes is 1. The molecule has 0 N–H and O–H groups in total. The molecule has 0 fully saturated rings. The monoisotopic (exact) mass is 209 g/mol. The number of aromatic nitrogens is 1. The first kappa shape index (κ1) is 10.3. The molecule has 2 aromatic rings. The van der Waals surface area contributed by atoms with Gasteiger partial charge in [0.2, 0.25) is 5.88 Å². The molecule has 0 spiro atoms. The Morgan fingerprint density at radius 3 is 2.62 bits per heavy atom. The second-order valence-corrected chi connectivity index (χ2v) is 3.40. The summed E-state index contributed by atoms with van der Waals surface area (Å²) >= 11 is 0. The zero-order valence-electron chi connectivity index (χ0n) is 8.97. The average molecular weight is 209 g/mol. The van der Waals surface area contributed by atoms with Crippen molar-refractivity contribution < 1.29 is 4.74 Å². The van der Waals surface area contributed by atoms with Crippen LogP contribution < -0.4 is 4.74 Å². The third-order valence-corrected chi connectivity index (χ3v) is 2.21.